The van der Waals surface area contributed by atoms with Crippen molar-refractivity contribution in [3.8, 4) is 0 Å². The van der Waals surface area contributed by atoms with Crippen molar-refractivity contribution in [3.63, 3.8) is 0 Å². The van der Waals surface area contributed by atoms with Crippen molar-refractivity contribution in [1.82, 2.24) is 9.78 Å². The van der Waals surface area contributed by atoms with Gasteiger partial charge in [0.05, 0.1) is 11.3 Å². The van der Waals surface area contributed by atoms with E-state index in [2.05, 4.69) is 44.2 Å². The molecule has 0 fully saturated rings. The van der Waals surface area contributed by atoms with Gasteiger partial charge >= 0.3 is 0 Å². The van der Waals surface area contributed by atoms with Crippen LogP contribution in [-0.4, -0.2) is 15.7 Å². The molecule has 5 heteroatoms. The van der Waals surface area contributed by atoms with Crippen molar-refractivity contribution in [3.05, 3.63) is 46.2 Å². The molecule has 0 aliphatic rings. The Bertz CT molecular complexity index is 759. The average Bonchev–Trinajstić information content (AvgIpc) is 2.81. The molecule has 4 nitrogen and oxygen atoms in total. The molecular weight excluding hydrogens is 334 g/mol. The Labute approximate surface area is 155 Å². The topological polar surface area (TPSA) is 46.9 Å². The van der Waals surface area contributed by atoms with Gasteiger partial charge in [0, 0.05) is 12.7 Å². The molecule has 0 radical (unpaired) electrons. The number of amides is 1. The molecule has 1 N–H and O–H groups in total. The van der Waals surface area contributed by atoms with Gasteiger partial charge in [-0.1, -0.05) is 64.4 Å². The second-order valence-electron chi connectivity index (χ2n) is 7.80. The molecule has 1 heterocycles. The number of aromatic nitrogens is 2. The third-order valence-corrected chi connectivity index (χ3v) is 4.70. The minimum absolute atomic E-state index is 0.203. The number of anilines is 1. The fraction of sp³-hybridized carbons (Fsp3) is 0.500. The van der Waals surface area contributed by atoms with E-state index >= 15 is 0 Å². The number of rotatable bonds is 5. The lowest BCUT2D eigenvalue weighted by atomic mass is 9.82. The summed E-state index contributed by atoms with van der Waals surface area (Å²) < 4.78 is 1.55. The summed E-state index contributed by atoms with van der Waals surface area (Å²) >= 11 is 6.28. The Hall–Kier alpha value is -1.81. The zero-order valence-electron chi connectivity index (χ0n) is 16.0. The first-order valence-electron chi connectivity index (χ1n) is 8.75. The van der Waals surface area contributed by atoms with Crippen molar-refractivity contribution in [2.75, 3.05) is 5.32 Å². The maximum atomic E-state index is 12.8. The van der Waals surface area contributed by atoms with Gasteiger partial charge in [0.2, 0.25) is 0 Å². The van der Waals surface area contributed by atoms with Gasteiger partial charge in [0.15, 0.2) is 0 Å². The average molecular weight is 362 g/mol. The summed E-state index contributed by atoms with van der Waals surface area (Å²) in [5.41, 5.74) is 3.38. The lowest BCUT2D eigenvalue weighted by Gasteiger charge is -2.25. The zero-order valence-corrected chi connectivity index (χ0v) is 16.7. The molecule has 1 aromatic carbocycles. The number of carbonyl (C=O) groups excluding carboxylic acids is 1. The molecule has 0 saturated heterocycles. The summed E-state index contributed by atoms with van der Waals surface area (Å²) in [6.07, 6.45) is 1.69. The van der Waals surface area contributed by atoms with Crippen LogP contribution in [0.25, 0.3) is 0 Å². The van der Waals surface area contributed by atoms with Crippen LogP contribution in [0.15, 0.2) is 24.3 Å². The number of nitrogens with one attached hydrogen (secondary N) is 1. The zero-order chi connectivity index (χ0) is 18.8. The van der Waals surface area contributed by atoms with Crippen molar-refractivity contribution in [2.24, 2.45) is 12.5 Å². The van der Waals surface area contributed by atoms with E-state index < -0.39 is 0 Å². The minimum atomic E-state index is -0.203. The Kier molecular flexibility index (Phi) is 5.94. The standard InChI is InChI=1S/C20H28ClN3O/c1-7-15-17(18(21)24(6)23-15)19(25)22-16-11-9-8-10-14(16)13(2)12-20(3,4)5/h8-11,13H,7,12H2,1-6H3,(H,22,25). The molecule has 0 saturated carbocycles. The number of benzene rings is 1. The summed E-state index contributed by atoms with van der Waals surface area (Å²) in [4.78, 5) is 12.8. The van der Waals surface area contributed by atoms with E-state index in [9.17, 15) is 4.79 Å². The van der Waals surface area contributed by atoms with Crippen molar-refractivity contribution in [1.29, 1.82) is 0 Å². The van der Waals surface area contributed by atoms with Crippen LogP contribution in [0.3, 0.4) is 0 Å². The van der Waals surface area contributed by atoms with E-state index in [1.54, 1.807) is 11.7 Å². The number of hydrogen-bond donors (Lipinski definition) is 1. The molecule has 1 amide bonds. The Morgan fingerprint density at radius 3 is 2.56 bits per heavy atom. The molecule has 0 aliphatic carbocycles. The van der Waals surface area contributed by atoms with Gasteiger partial charge < -0.3 is 5.32 Å². The fourth-order valence-corrected chi connectivity index (χ4v) is 3.51. The van der Waals surface area contributed by atoms with Crippen molar-refractivity contribution < 1.29 is 4.79 Å². The summed E-state index contributed by atoms with van der Waals surface area (Å²) in [5.74, 6) is 0.136. The van der Waals surface area contributed by atoms with E-state index in [-0.39, 0.29) is 11.3 Å². The molecular formula is C20H28ClN3O. The van der Waals surface area contributed by atoms with Crippen molar-refractivity contribution in [2.45, 2.75) is 53.4 Å². The first kappa shape index (κ1) is 19.5. The molecule has 1 unspecified atom stereocenters. The van der Waals surface area contributed by atoms with Crippen LogP contribution in [0.4, 0.5) is 5.69 Å². The summed E-state index contributed by atoms with van der Waals surface area (Å²) in [6.45, 7) is 10.9. The lowest BCUT2D eigenvalue weighted by molar-refractivity contribution is 0.102. The Morgan fingerprint density at radius 2 is 1.96 bits per heavy atom. The minimum Gasteiger partial charge on any atom is -0.322 e. The van der Waals surface area contributed by atoms with Crippen LogP contribution in [0.2, 0.25) is 5.15 Å². The quantitative estimate of drug-likeness (QED) is 0.771. The van der Waals surface area contributed by atoms with Crippen LogP contribution in [-0.2, 0) is 13.5 Å². The monoisotopic (exact) mass is 361 g/mol. The van der Waals surface area contributed by atoms with Gasteiger partial charge in [0.1, 0.15) is 5.15 Å². The molecule has 1 atom stereocenters. The predicted octanol–water partition coefficient (Wildman–Crippen LogP) is 5.43. The second kappa shape index (κ2) is 7.61. The molecule has 25 heavy (non-hydrogen) atoms. The molecule has 0 spiro atoms. The van der Waals surface area contributed by atoms with Gasteiger partial charge in [0.25, 0.3) is 5.91 Å². The summed E-state index contributed by atoms with van der Waals surface area (Å²) in [6, 6.07) is 7.98. The number of aryl methyl sites for hydroxylation is 2. The molecule has 2 rings (SSSR count). The smallest absolute Gasteiger partial charge is 0.260 e. The molecule has 136 valence electrons. The molecule has 0 bridgehead atoms. The van der Waals surface area contributed by atoms with Gasteiger partial charge in [-0.2, -0.15) is 5.10 Å². The highest BCUT2D eigenvalue weighted by molar-refractivity contribution is 6.33. The van der Waals surface area contributed by atoms with E-state index in [1.165, 1.54) is 0 Å². The van der Waals surface area contributed by atoms with Crippen LogP contribution < -0.4 is 5.32 Å². The number of hydrogen-bond acceptors (Lipinski definition) is 2. The third-order valence-electron chi connectivity index (χ3n) is 4.27. The van der Waals surface area contributed by atoms with Gasteiger partial charge in [-0.15, -0.1) is 0 Å². The molecule has 0 aliphatic heterocycles. The number of para-hydroxylation sites is 1. The molecule has 1 aromatic heterocycles. The van der Waals surface area contributed by atoms with Crippen LogP contribution in [0, 0.1) is 5.41 Å². The third kappa shape index (κ3) is 4.63. The fourth-order valence-electron chi connectivity index (χ4n) is 3.28. The summed E-state index contributed by atoms with van der Waals surface area (Å²) in [7, 11) is 1.75. The first-order chi connectivity index (χ1) is 11.6. The second-order valence-corrected chi connectivity index (χ2v) is 8.15. The normalized spacial score (nSPS) is 12.9. The predicted molar refractivity (Wildman–Crippen MR) is 104 cm³/mol. The highest BCUT2D eigenvalue weighted by atomic mass is 35.5. The van der Waals surface area contributed by atoms with E-state index in [0.29, 0.717) is 28.7 Å². The highest BCUT2D eigenvalue weighted by Gasteiger charge is 2.23. The van der Waals surface area contributed by atoms with Crippen LogP contribution in [0.1, 0.15) is 68.6 Å². The molecule has 2 aromatic rings. The Morgan fingerprint density at radius 1 is 1.32 bits per heavy atom. The van der Waals surface area contributed by atoms with Crippen LogP contribution in [0.5, 0.6) is 0 Å². The lowest BCUT2D eigenvalue weighted by Crippen LogP contribution is -2.17. The van der Waals surface area contributed by atoms with Crippen molar-refractivity contribution >= 4 is 23.2 Å². The summed E-state index contributed by atoms with van der Waals surface area (Å²) in [5, 5.41) is 7.74. The van der Waals surface area contributed by atoms with E-state index in [4.69, 9.17) is 11.6 Å². The number of nitrogens with zero attached hydrogens (tertiary/aromatic N) is 2. The number of halogens is 1. The Balaban J connectivity index is 2.31. The van der Waals surface area contributed by atoms with E-state index in [0.717, 1.165) is 17.7 Å². The van der Waals surface area contributed by atoms with Crippen LogP contribution >= 0.6 is 11.6 Å². The van der Waals surface area contributed by atoms with Gasteiger partial charge in [-0.25, -0.2) is 0 Å². The SMILES string of the molecule is CCc1nn(C)c(Cl)c1C(=O)Nc1ccccc1C(C)CC(C)(C)C. The number of carbonyl (C=O) groups is 1. The maximum Gasteiger partial charge on any atom is 0.260 e. The largest absolute Gasteiger partial charge is 0.322 e. The maximum absolute atomic E-state index is 12.8. The highest BCUT2D eigenvalue weighted by Crippen LogP contribution is 2.34. The van der Waals surface area contributed by atoms with Gasteiger partial charge in [-0.3, -0.25) is 9.48 Å². The van der Waals surface area contributed by atoms with Gasteiger partial charge in [-0.05, 0) is 35.8 Å². The van der Waals surface area contributed by atoms with E-state index in [1.807, 2.05) is 25.1 Å². The first-order valence-corrected chi connectivity index (χ1v) is 9.13.